The minimum Gasteiger partial charge on any atom is -0.417 e. The molecule has 0 aromatic carbocycles. The van der Waals surface area contributed by atoms with Gasteiger partial charge in [0.25, 0.3) is 5.71 Å². The predicted molar refractivity (Wildman–Crippen MR) is 50.6 cm³/mol. The molecular formula is C8H6N2O2S. The SMILES string of the molecule is C=C1/C(=[N+](\[O-])O)C=Cc2ncsc21. The Labute approximate surface area is 78.3 Å². The van der Waals surface area contributed by atoms with E-state index in [1.165, 1.54) is 17.4 Å². The minimum absolute atomic E-state index is 0.164. The highest BCUT2D eigenvalue weighted by Gasteiger charge is 2.22. The fourth-order valence-electron chi connectivity index (χ4n) is 1.15. The molecule has 0 saturated heterocycles. The van der Waals surface area contributed by atoms with Gasteiger partial charge in [-0.05, 0) is 6.08 Å². The molecule has 0 radical (unpaired) electrons. The molecule has 0 unspecified atom stereocenters. The van der Waals surface area contributed by atoms with Crippen LogP contribution in [-0.2, 0) is 0 Å². The van der Waals surface area contributed by atoms with Crippen LogP contribution in [0.5, 0.6) is 0 Å². The molecule has 0 fully saturated rings. The van der Waals surface area contributed by atoms with Crippen LogP contribution in [0, 0.1) is 5.21 Å². The Morgan fingerprint density at radius 3 is 3.00 bits per heavy atom. The van der Waals surface area contributed by atoms with Crippen molar-refractivity contribution in [1.29, 1.82) is 0 Å². The van der Waals surface area contributed by atoms with Gasteiger partial charge in [-0.1, -0.05) is 6.58 Å². The van der Waals surface area contributed by atoms with Crippen LogP contribution in [0.1, 0.15) is 10.6 Å². The maximum atomic E-state index is 10.6. The highest BCUT2D eigenvalue weighted by molar-refractivity contribution is 7.11. The van der Waals surface area contributed by atoms with Gasteiger partial charge in [0.15, 0.2) is 0 Å². The molecule has 1 aromatic rings. The molecule has 4 nitrogen and oxygen atoms in total. The van der Waals surface area contributed by atoms with Crippen molar-refractivity contribution in [2.24, 2.45) is 0 Å². The van der Waals surface area contributed by atoms with Crippen LogP contribution >= 0.6 is 11.3 Å². The smallest absolute Gasteiger partial charge is 0.276 e. The Bertz CT molecular complexity index is 427. The molecule has 1 heterocycles. The molecule has 0 amide bonds. The van der Waals surface area contributed by atoms with E-state index in [1.54, 1.807) is 11.6 Å². The fourth-order valence-corrected chi connectivity index (χ4v) is 1.91. The normalized spacial score (nSPS) is 18.6. The van der Waals surface area contributed by atoms with Crippen LogP contribution in [-0.4, -0.2) is 20.8 Å². The Hall–Kier alpha value is -1.62. The topological polar surface area (TPSA) is 59.2 Å². The molecule has 1 aliphatic rings. The maximum absolute atomic E-state index is 10.6. The monoisotopic (exact) mass is 194 g/mol. The zero-order valence-electron chi connectivity index (χ0n) is 6.60. The second-order valence-corrected chi connectivity index (χ2v) is 3.39. The molecule has 1 N–H and O–H groups in total. The molecule has 0 spiro atoms. The third-order valence-electron chi connectivity index (χ3n) is 1.78. The second-order valence-electron chi connectivity index (χ2n) is 2.54. The van der Waals surface area contributed by atoms with Crippen molar-refractivity contribution in [1.82, 2.24) is 4.98 Å². The number of nitrogens with zero attached hydrogens (tertiary/aromatic N) is 2. The van der Waals surface area contributed by atoms with Crippen molar-refractivity contribution >= 4 is 28.7 Å². The zero-order chi connectivity index (χ0) is 9.42. The first-order chi connectivity index (χ1) is 6.20. The first-order valence-electron chi connectivity index (χ1n) is 3.54. The van der Waals surface area contributed by atoms with Crippen LogP contribution in [0.2, 0.25) is 0 Å². The quantitative estimate of drug-likeness (QED) is 0.387. The van der Waals surface area contributed by atoms with Crippen LogP contribution in [0.4, 0.5) is 0 Å². The van der Waals surface area contributed by atoms with Crippen LogP contribution in [0.15, 0.2) is 18.2 Å². The van der Waals surface area contributed by atoms with Gasteiger partial charge >= 0.3 is 0 Å². The number of rotatable bonds is 0. The van der Waals surface area contributed by atoms with E-state index in [4.69, 9.17) is 5.21 Å². The summed E-state index contributed by atoms with van der Waals surface area (Å²) in [7, 11) is 0. The van der Waals surface area contributed by atoms with Gasteiger partial charge in [-0.3, -0.25) is 5.21 Å². The first-order valence-corrected chi connectivity index (χ1v) is 4.42. The lowest BCUT2D eigenvalue weighted by Gasteiger charge is -2.05. The summed E-state index contributed by atoms with van der Waals surface area (Å²) in [6.07, 6.45) is 3.17. The standard InChI is InChI=1S/C8H6N2O2S/c1-5-7(10(11)12)3-2-6-8(5)13-4-9-6/h2-4H,1H2,(H,11,12). The van der Waals surface area contributed by atoms with E-state index in [9.17, 15) is 5.21 Å². The molecule has 66 valence electrons. The van der Waals surface area contributed by atoms with Crippen molar-refractivity contribution < 1.29 is 10.1 Å². The summed E-state index contributed by atoms with van der Waals surface area (Å²) in [4.78, 5) is 4.70. The molecule has 0 saturated carbocycles. The number of hydrogen-bond donors (Lipinski definition) is 1. The number of aromatic nitrogens is 1. The molecule has 13 heavy (non-hydrogen) atoms. The van der Waals surface area contributed by atoms with Crippen LogP contribution in [0.3, 0.4) is 0 Å². The van der Waals surface area contributed by atoms with Gasteiger partial charge in [-0.2, -0.15) is 0 Å². The van der Waals surface area contributed by atoms with E-state index in [2.05, 4.69) is 11.6 Å². The summed E-state index contributed by atoms with van der Waals surface area (Å²) in [6, 6.07) is 0. The number of hydrogen-bond acceptors (Lipinski definition) is 4. The highest BCUT2D eigenvalue weighted by Crippen LogP contribution is 2.28. The lowest BCUT2D eigenvalue weighted by Crippen LogP contribution is -2.13. The van der Waals surface area contributed by atoms with E-state index < -0.39 is 0 Å². The van der Waals surface area contributed by atoms with E-state index >= 15 is 0 Å². The summed E-state index contributed by atoms with van der Waals surface area (Å²) in [5.41, 5.74) is 3.14. The highest BCUT2D eigenvalue weighted by atomic mass is 32.1. The second kappa shape index (κ2) is 2.70. The van der Waals surface area contributed by atoms with E-state index in [0.29, 0.717) is 5.57 Å². The lowest BCUT2D eigenvalue weighted by molar-refractivity contribution is -0.724. The van der Waals surface area contributed by atoms with Crippen molar-refractivity contribution in [2.45, 2.75) is 0 Å². The lowest BCUT2D eigenvalue weighted by atomic mass is 10.0. The predicted octanol–water partition coefficient (Wildman–Crippen LogP) is 1.52. The van der Waals surface area contributed by atoms with Crippen molar-refractivity contribution in [3.63, 3.8) is 0 Å². The summed E-state index contributed by atoms with van der Waals surface area (Å²) in [5.74, 6) is 0. The summed E-state index contributed by atoms with van der Waals surface area (Å²) < 4.78 is 0. The fraction of sp³-hybridized carbons (Fsp3) is 0. The third-order valence-corrected chi connectivity index (χ3v) is 2.69. The Kier molecular flexibility index (Phi) is 1.66. The molecule has 0 bridgehead atoms. The van der Waals surface area contributed by atoms with Crippen LogP contribution in [0.25, 0.3) is 11.6 Å². The third kappa shape index (κ3) is 1.13. The summed E-state index contributed by atoms with van der Waals surface area (Å²) in [5, 5.41) is 19.4. The number of allylic oxidation sites excluding steroid dienone is 2. The van der Waals surface area contributed by atoms with E-state index in [-0.39, 0.29) is 10.6 Å². The van der Waals surface area contributed by atoms with Gasteiger partial charge in [0.1, 0.15) is 0 Å². The van der Waals surface area contributed by atoms with Gasteiger partial charge in [0.2, 0.25) is 0 Å². The molecule has 0 atom stereocenters. The van der Waals surface area contributed by atoms with Gasteiger partial charge in [-0.15, -0.1) is 11.3 Å². The van der Waals surface area contributed by atoms with E-state index in [0.717, 1.165) is 10.6 Å². The van der Waals surface area contributed by atoms with Gasteiger partial charge in [0, 0.05) is 11.0 Å². The molecule has 0 aliphatic heterocycles. The maximum Gasteiger partial charge on any atom is 0.276 e. The molecule has 1 aromatic heterocycles. The summed E-state index contributed by atoms with van der Waals surface area (Å²) in [6.45, 7) is 3.71. The zero-order valence-corrected chi connectivity index (χ0v) is 7.41. The Morgan fingerprint density at radius 1 is 1.54 bits per heavy atom. The van der Waals surface area contributed by atoms with Crippen LogP contribution < -0.4 is 0 Å². The molecule has 2 rings (SSSR count). The minimum atomic E-state index is -0.179. The average molecular weight is 194 g/mol. The average Bonchev–Trinajstić information content (AvgIpc) is 2.52. The van der Waals surface area contributed by atoms with Gasteiger partial charge in [-0.25, -0.2) is 4.98 Å². The molecule has 1 aliphatic carbocycles. The van der Waals surface area contributed by atoms with Crippen molar-refractivity contribution in [3.8, 4) is 0 Å². The first kappa shape index (κ1) is 8.00. The van der Waals surface area contributed by atoms with Gasteiger partial charge < -0.3 is 5.21 Å². The van der Waals surface area contributed by atoms with Crippen molar-refractivity contribution in [3.05, 3.63) is 33.9 Å². The van der Waals surface area contributed by atoms with Gasteiger partial charge in [0.05, 0.1) is 21.7 Å². The number of fused-ring (bicyclic) bond motifs is 1. The largest absolute Gasteiger partial charge is 0.417 e. The molecule has 5 heteroatoms. The summed E-state index contributed by atoms with van der Waals surface area (Å²) >= 11 is 1.40. The Balaban J connectivity index is 2.60. The number of thiazole rings is 1. The Morgan fingerprint density at radius 2 is 2.31 bits per heavy atom. The van der Waals surface area contributed by atoms with Crippen molar-refractivity contribution in [2.75, 3.05) is 0 Å². The van der Waals surface area contributed by atoms with E-state index in [1.807, 2.05) is 0 Å². The molecular weight excluding hydrogens is 188 g/mol.